The highest BCUT2D eigenvalue weighted by molar-refractivity contribution is 5.96. The maximum atomic E-state index is 12.9. The molecule has 0 aromatic heterocycles. The summed E-state index contributed by atoms with van der Waals surface area (Å²) in [6.07, 6.45) is 7.14. The van der Waals surface area contributed by atoms with Crippen LogP contribution in [-0.2, 0) is 19.9 Å². The van der Waals surface area contributed by atoms with Crippen molar-refractivity contribution in [2.75, 3.05) is 0 Å². The Morgan fingerprint density at radius 2 is 2.07 bits per heavy atom. The Labute approximate surface area is 166 Å². The summed E-state index contributed by atoms with van der Waals surface area (Å²) >= 11 is 0. The van der Waals surface area contributed by atoms with Gasteiger partial charge < -0.3 is 14.6 Å². The molecule has 4 aliphatic rings. The number of cyclic esters (lactones) is 1. The molecule has 4 nitrogen and oxygen atoms in total. The summed E-state index contributed by atoms with van der Waals surface area (Å²) < 4.78 is 12.1. The summed E-state index contributed by atoms with van der Waals surface area (Å²) in [5, 5.41) is 10.7. The zero-order valence-electron chi connectivity index (χ0n) is 16.6. The first kappa shape index (κ1) is 18.1. The molecule has 1 aromatic rings. The van der Waals surface area contributed by atoms with Crippen LogP contribution < -0.4 is 0 Å². The van der Waals surface area contributed by atoms with Gasteiger partial charge >= 0.3 is 5.97 Å². The summed E-state index contributed by atoms with van der Waals surface area (Å²) in [7, 11) is 0. The van der Waals surface area contributed by atoms with Gasteiger partial charge in [-0.1, -0.05) is 51.0 Å². The predicted octanol–water partition coefficient (Wildman–Crippen LogP) is 4.90. The highest BCUT2D eigenvalue weighted by atomic mass is 16.6. The first-order valence-corrected chi connectivity index (χ1v) is 10.7. The minimum absolute atomic E-state index is 0.0221. The van der Waals surface area contributed by atoms with E-state index in [1.165, 1.54) is 0 Å². The molecule has 2 heterocycles. The Bertz CT molecular complexity index is 882. The second kappa shape index (κ2) is 6.57. The van der Waals surface area contributed by atoms with E-state index in [4.69, 9.17) is 9.47 Å². The number of esters is 1. The minimum Gasteiger partial charge on any atom is -0.423 e. The number of ether oxygens (including phenoxy) is 2. The lowest BCUT2D eigenvalue weighted by molar-refractivity contribution is -0.280. The van der Waals surface area contributed by atoms with E-state index in [2.05, 4.69) is 26.0 Å². The predicted molar refractivity (Wildman–Crippen MR) is 105 cm³/mol. The second-order valence-electron chi connectivity index (χ2n) is 8.56. The van der Waals surface area contributed by atoms with Gasteiger partial charge in [0.15, 0.2) is 6.29 Å². The molecule has 0 radical (unpaired) electrons. The molecule has 5 unspecified atom stereocenters. The number of benzene rings is 1. The molecule has 2 aliphatic heterocycles. The number of carbonyl (C=O) groups excluding carboxylic acids is 1. The normalized spacial score (nSPS) is 37.0. The summed E-state index contributed by atoms with van der Waals surface area (Å²) in [5.74, 6) is 1.28. The van der Waals surface area contributed by atoms with Gasteiger partial charge in [0.2, 0.25) is 0 Å². The van der Waals surface area contributed by atoms with Crippen LogP contribution in [0, 0.1) is 17.8 Å². The first-order chi connectivity index (χ1) is 13.6. The number of unbranched alkanes of at least 4 members (excludes halogenated alkanes) is 1. The van der Waals surface area contributed by atoms with Gasteiger partial charge in [-0.2, -0.15) is 0 Å². The van der Waals surface area contributed by atoms with Crippen LogP contribution in [0.2, 0.25) is 0 Å². The monoisotopic (exact) mass is 380 g/mol. The van der Waals surface area contributed by atoms with Crippen LogP contribution in [-0.4, -0.2) is 11.1 Å². The Morgan fingerprint density at radius 3 is 2.86 bits per heavy atom. The van der Waals surface area contributed by atoms with Gasteiger partial charge in [-0.25, -0.2) is 4.79 Å². The smallest absolute Gasteiger partial charge is 0.340 e. The average Bonchev–Trinajstić information content (AvgIpc) is 3.19. The molecule has 1 saturated carbocycles. The first-order valence-electron chi connectivity index (χ1n) is 10.7. The number of hydrogen-bond acceptors (Lipinski definition) is 4. The van der Waals surface area contributed by atoms with E-state index in [0.29, 0.717) is 11.8 Å². The molecule has 1 aromatic carbocycles. The van der Waals surface area contributed by atoms with Gasteiger partial charge in [0.25, 0.3) is 0 Å². The molecule has 1 N–H and O–H groups in total. The van der Waals surface area contributed by atoms with E-state index in [9.17, 15) is 9.90 Å². The number of carbonyl (C=O) groups is 1. The Morgan fingerprint density at radius 1 is 1.25 bits per heavy atom. The molecular formula is C24H28O4. The van der Waals surface area contributed by atoms with Crippen LogP contribution in [0.15, 0.2) is 47.2 Å². The number of hydrogen-bond donors (Lipinski definition) is 1. The van der Waals surface area contributed by atoms with E-state index in [1.54, 1.807) is 0 Å². The number of aliphatic hydroxyl groups excluding tert-OH is 1. The van der Waals surface area contributed by atoms with E-state index >= 15 is 0 Å². The fraction of sp³-hybridized carbons (Fsp3) is 0.542. The maximum absolute atomic E-state index is 12.9. The molecule has 0 bridgehead atoms. The zero-order chi connectivity index (χ0) is 19.5. The molecule has 4 heteroatoms. The van der Waals surface area contributed by atoms with Crippen LogP contribution in [0.4, 0.5) is 0 Å². The lowest BCUT2D eigenvalue weighted by Crippen LogP contribution is -2.62. The van der Waals surface area contributed by atoms with E-state index in [-0.39, 0.29) is 11.9 Å². The Balaban J connectivity index is 1.64. The van der Waals surface area contributed by atoms with Crippen molar-refractivity contribution in [3.8, 4) is 0 Å². The number of rotatable bonds is 4. The molecule has 1 spiro atoms. The third kappa shape index (κ3) is 2.22. The topological polar surface area (TPSA) is 55.8 Å². The average molecular weight is 380 g/mol. The molecule has 1 fully saturated rings. The van der Waals surface area contributed by atoms with Gasteiger partial charge in [0.05, 0.1) is 5.57 Å². The molecule has 148 valence electrons. The van der Waals surface area contributed by atoms with Crippen LogP contribution in [0.3, 0.4) is 0 Å². The van der Waals surface area contributed by atoms with E-state index < -0.39 is 11.9 Å². The highest BCUT2D eigenvalue weighted by Gasteiger charge is 2.70. The Hall–Kier alpha value is -1.91. The molecule has 5 atom stereocenters. The van der Waals surface area contributed by atoms with Gasteiger partial charge in [0.1, 0.15) is 11.4 Å². The van der Waals surface area contributed by atoms with Gasteiger partial charge in [-0.15, -0.1) is 0 Å². The lowest BCUT2D eigenvalue weighted by atomic mass is 9.45. The van der Waals surface area contributed by atoms with Crippen LogP contribution in [0.25, 0.3) is 0 Å². The number of fused-ring (bicyclic) bond motifs is 5. The van der Waals surface area contributed by atoms with Gasteiger partial charge in [-0.05, 0) is 49.2 Å². The molecule has 5 rings (SSSR count). The molecule has 28 heavy (non-hydrogen) atoms. The molecule has 0 amide bonds. The highest BCUT2D eigenvalue weighted by Crippen LogP contribution is 2.70. The molecule has 0 saturated heterocycles. The van der Waals surface area contributed by atoms with E-state index in [1.807, 2.05) is 18.2 Å². The van der Waals surface area contributed by atoms with Crippen molar-refractivity contribution in [1.29, 1.82) is 0 Å². The van der Waals surface area contributed by atoms with Crippen molar-refractivity contribution in [1.82, 2.24) is 0 Å². The fourth-order valence-corrected chi connectivity index (χ4v) is 6.22. The summed E-state index contributed by atoms with van der Waals surface area (Å²) in [6.45, 7) is 4.32. The third-order valence-corrected chi connectivity index (χ3v) is 7.21. The minimum atomic E-state index is -0.921. The number of aliphatic hydroxyl groups is 1. The van der Waals surface area contributed by atoms with Crippen molar-refractivity contribution in [2.45, 2.75) is 64.3 Å². The van der Waals surface area contributed by atoms with Gasteiger partial charge in [0, 0.05) is 17.1 Å². The Kier molecular flexibility index (Phi) is 4.25. The van der Waals surface area contributed by atoms with Gasteiger partial charge in [-0.3, -0.25) is 0 Å². The molecular weight excluding hydrogens is 352 g/mol. The lowest BCUT2D eigenvalue weighted by Gasteiger charge is -2.61. The van der Waals surface area contributed by atoms with Crippen molar-refractivity contribution < 1.29 is 19.4 Å². The summed E-state index contributed by atoms with van der Waals surface area (Å²) in [6, 6.07) is 7.97. The van der Waals surface area contributed by atoms with Crippen molar-refractivity contribution in [3.05, 3.63) is 58.4 Å². The second-order valence-corrected chi connectivity index (χ2v) is 8.56. The van der Waals surface area contributed by atoms with E-state index in [0.717, 1.165) is 66.6 Å². The summed E-state index contributed by atoms with van der Waals surface area (Å²) in [5.41, 5.74) is 3.21. The van der Waals surface area contributed by atoms with Crippen molar-refractivity contribution in [2.24, 2.45) is 17.8 Å². The van der Waals surface area contributed by atoms with Crippen LogP contribution in [0.1, 0.15) is 69.8 Å². The summed E-state index contributed by atoms with van der Waals surface area (Å²) in [4.78, 5) is 12.9. The zero-order valence-corrected chi connectivity index (χ0v) is 16.6. The van der Waals surface area contributed by atoms with Crippen molar-refractivity contribution in [3.63, 3.8) is 0 Å². The van der Waals surface area contributed by atoms with Crippen molar-refractivity contribution >= 4 is 5.97 Å². The largest absolute Gasteiger partial charge is 0.423 e. The van der Waals surface area contributed by atoms with Crippen LogP contribution in [0.5, 0.6) is 0 Å². The SMILES string of the molecule is CCC/C=C1\OC(=O)C2=C1CCC1C(CCC)C3(OC(O)c4ccccc43)C21. The quantitative estimate of drug-likeness (QED) is 0.755. The fourth-order valence-electron chi connectivity index (χ4n) is 6.22. The number of allylic oxidation sites excluding steroid dienone is 2. The third-order valence-electron chi connectivity index (χ3n) is 7.21. The molecule has 2 aliphatic carbocycles. The standard InChI is InChI=1S/C24H28O4/c1-3-5-11-19-16-13-12-14-17(8-4-2)24(21(14)20(16)23(26)27-19)18-10-7-6-9-15(18)22(25)28-24/h6-7,9-11,14,17,21-22,25H,3-5,8,12-13H2,1-2H3/b19-11-. The van der Waals surface area contributed by atoms with Crippen LogP contribution >= 0.6 is 0 Å². The maximum Gasteiger partial charge on any atom is 0.340 e.